The van der Waals surface area contributed by atoms with E-state index >= 15 is 0 Å². The summed E-state index contributed by atoms with van der Waals surface area (Å²) in [5, 5.41) is 3.34. The molecule has 1 aromatic rings. The molecule has 106 valence electrons. The van der Waals surface area contributed by atoms with E-state index in [9.17, 15) is 0 Å². The second kappa shape index (κ2) is 6.78. The zero-order chi connectivity index (χ0) is 13.7. The standard InChI is InChI=1S/C15H24N2O2/c1-4-16-5-6-17(3)11-13-10-15-14(9-12(13)2)18-7-8-19-15/h9-10,16H,4-8,11H2,1-3H3. The summed E-state index contributed by atoms with van der Waals surface area (Å²) in [7, 11) is 2.15. The van der Waals surface area contributed by atoms with E-state index in [1.54, 1.807) is 0 Å². The van der Waals surface area contributed by atoms with Crippen molar-refractivity contribution in [1.82, 2.24) is 10.2 Å². The van der Waals surface area contributed by atoms with Crippen molar-refractivity contribution in [2.75, 3.05) is 39.9 Å². The van der Waals surface area contributed by atoms with Crippen LogP contribution in [-0.2, 0) is 6.54 Å². The summed E-state index contributed by atoms with van der Waals surface area (Å²) in [5.74, 6) is 1.76. The molecule has 0 unspecified atom stereocenters. The molecule has 0 atom stereocenters. The molecule has 0 amide bonds. The second-order valence-corrected chi connectivity index (χ2v) is 5.01. The molecule has 0 spiro atoms. The van der Waals surface area contributed by atoms with Gasteiger partial charge in [-0.3, -0.25) is 0 Å². The van der Waals surface area contributed by atoms with Gasteiger partial charge in [0.05, 0.1) is 0 Å². The van der Waals surface area contributed by atoms with Crippen LogP contribution in [0.2, 0.25) is 0 Å². The predicted molar refractivity (Wildman–Crippen MR) is 77.0 cm³/mol. The van der Waals surface area contributed by atoms with Gasteiger partial charge in [-0.25, -0.2) is 0 Å². The molecule has 0 aromatic heterocycles. The maximum absolute atomic E-state index is 5.64. The average Bonchev–Trinajstić information content (AvgIpc) is 2.40. The first-order chi connectivity index (χ1) is 9.20. The van der Waals surface area contributed by atoms with E-state index in [4.69, 9.17) is 9.47 Å². The lowest BCUT2D eigenvalue weighted by atomic mass is 10.1. The van der Waals surface area contributed by atoms with Gasteiger partial charge < -0.3 is 19.7 Å². The molecule has 1 aromatic carbocycles. The molecule has 0 radical (unpaired) electrons. The van der Waals surface area contributed by atoms with Crippen molar-refractivity contribution >= 4 is 0 Å². The molecule has 0 bridgehead atoms. The van der Waals surface area contributed by atoms with Crippen LogP contribution in [0.1, 0.15) is 18.1 Å². The molecule has 1 heterocycles. The number of hydrogen-bond donors (Lipinski definition) is 1. The number of benzene rings is 1. The fourth-order valence-electron chi connectivity index (χ4n) is 2.22. The van der Waals surface area contributed by atoms with E-state index in [1.807, 2.05) is 0 Å². The van der Waals surface area contributed by atoms with Gasteiger partial charge in [0.15, 0.2) is 11.5 Å². The molecule has 0 fully saturated rings. The summed E-state index contributed by atoms with van der Waals surface area (Å²) in [4.78, 5) is 2.32. The van der Waals surface area contributed by atoms with Crippen LogP contribution in [0.3, 0.4) is 0 Å². The molecule has 4 heteroatoms. The summed E-state index contributed by atoms with van der Waals surface area (Å²) in [6, 6.07) is 4.20. The van der Waals surface area contributed by atoms with Crippen LogP contribution in [0.5, 0.6) is 11.5 Å². The first kappa shape index (κ1) is 14.2. The zero-order valence-electron chi connectivity index (χ0n) is 12.2. The molecule has 4 nitrogen and oxygen atoms in total. The van der Waals surface area contributed by atoms with Crippen LogP contribution in [-0.4, -0.2) is 44.8 Å². The third kappa shape index (κ3) is 3.85. The van der Waals surface area contributed by atoms with Gasteiger partial charge in [-0.15, -0.1) is 0 Å². The van der Waals surface area contributed by atoms with Crippen molar-refractivity contribution in [3.05, 3.63) is 23.3 Å². The monoisotopic (exact) mass is 264 g/mol. The van der Waals surface area contributed by atoms with Crippen LogP contribution >= 0.6 is 0 Å². The van der Waals surface area contributed by atoms with Crippen LogP contribution in [0.4, 0.5) is 0 Å². The topological polar surface area (TPSA) is 33.7 Å². The van der Waals surface area contributed by atoms with E-state index < -0.39 is 0 Å². The van der Waals surface area contributed by atoms with E-state index in [2.05, 4.69) is 43.2 Å². The molecule has 1 aliphatic heterocycles. The molecule has 19 heavy (non-hydrogen) atoms. The highest BCUT2D eigenvalue weighted by atomic mass is 16.6. The number of likely N-dealkylation sites (N-methyl/N-ethyl adjacent to an activating group) is 2. The smallest absolute Gasteiger partial charge is 0.161 e. The van der Waals surface area contributed by atoms with Gasteiger partial charge in [0, 0.05) is 19.6 Å². The molecule has 2 rings (SSSR count). The Morgan fingerprint density at radius 3 is 2.58 bits per heavy atom. The van der Waals surface area contributed by atoms with Gasteiger partial charge in [0.1, 0.15) is 13.2 Å². The van der Waals surface area contributed by atoms with Crippen molar-refractivity contribution in [2.45, 2.75) is 20.4 Å². The number of aryl methyl sites for hydroxylation is 1. The van der Waals surface area contributed by atoms with Gasteiger partial charge in [-0.05, 0) is 43.8 Å². The lowest BCUT2D eigenvalue weighted by Gasteiger charge is -2.22. The Morgan fingerprint density at radius 1 is 1.21 bits per heavy atom. The quantitative estimate of drug-likeness (QED) is 0.795. The largest absolute Gasteiger partial charge is 0.486 e. The summed E-state index contributed by atoms with van der Waals surface area (Å²) >= 11 is 0. The Kier molecular flexibility index (Phi) is 5.05. The van der Waals surface area contributed by atoms with Gasteiger partial charge in [-0.2, -0.15) is 0 Å². The highest BCUT2D eigenvalue weighted by molar-refractivity contribution is 5.47. The van der Waals surface area contributed by atoms with Gasteiger partial charge in [0.25, 0.3) is 0 Å². The zero-order valence-corrected chi connectivity index (χ0v) is 12.2. The number of nitrogens with zero attached hydrogens (tertiary/aromatic N) is 1. The summed E-state index contributed by atoms with van der Waals surface area (Å²) < 4.78 is 11.2. The third-order valence-corrected chi connectivity index (χ3v) is 3.36. The fourth-order valence-corrected chi connectivity index (χ4v) is 2.22. The van der Waals surface area contributed by atoms with Crippen molar-refractivity contribution in [3.8, 4) is 11.5 Å². The predicted octanol–water partition coefficient (Wildman–Crippen LogP) is 1.81. The lowest BCUT2D eigenvalue weighted by molar-refractivity contribution is 0.171. The van der Waals surface area contributed by atoms with E-state index in [-0.39, 0.29) is 0 Å². The Balaban J connectivity index is 1.99. The molecule has 0 aliphatic carbocycles. The van der Waals surface area contributed by atoms with E-state index in [0.29, 0.717) is 13.2 Å². The third-order valence-electron chi connectivity index (χ3n) is 3.36. The first-order valence-electron chi connectivity index (χ1n) is 6.99. The Morgan fingerprint density at radius 2 is 1.89 bits per heavy atom. The van der Waals surface area contributed by atoms with Crippen LogP contribution in [0.25, 0.3) is 0 Å². The SMILES string of the molecule is CCNCCN(C)Cc1cc2c(cc1C)OCCO2. The number of ether oxygens (including phenoxy) is 2. The maximum Gasteiger partial charge on any atom is 0.161 e. The van der Waals surface area contributed by atoms with Crippen molar-refractivity contribution in [3.63, 3.8) is 0 Å². The highest BCUT2D eigenvalue weighted by Crippen LogP contribution is 2.33. The van der Waals surface area contributed by atoms with Crippen LogP contribution < -0.4 is 14.8 Å². The number of hydrogen-bond acceptors (Lipinski definition) is 4. The van der Waals surface area contributed by atoms with E-state index in [0.717, 1.165) is 37.7 Å². The second-order valence-electron chi connectivity index (χ2n) is 5.01. The molecule has 1 aliphatic rings. The molecule has 1 N–H and O–H groups in total. The first-order valence-corrected chi connectivity index (χ1v) is 6.99. The summed E-state index contributed by atoms with van der Waals surface area (Å²) in [5.41, 5.74) is 2.57. The number of fused-ring (bicyclic) bond motifs is 1. The lowest BCUT2D eigenvalue weighted by Crippen LogP contribution is -2.29. The van der Waals surface area contributed by atoms with Gasteiger partial charge in [0.2, 0.25) is 0 Å². The molecule has 0 saturated heterocycles. The molecule has 0 saturated carbocycles. The minimum absolute atomic E-state index is 0.645. The van der Waals surface area contributed by atoms with Gasteiger partial charge in [-0.1, -0.05) is 6.92 Å². The Bertz CT molecular complexity index is 421. The number of rotatable bonds is 6. The summed E-state index contributed by atoms with van der Waals surface area (Å²) in [6.07, 6.45) is 0. The number of nitrogens with one attached hydrogen (secondary N) is 1. The van der Waals surface area contributed by atoms with Crippen molar-refractivity contribution in [2.24, 2.45) is 0 Å². The van der Waals surface area contributed by atoms with Crippen LogP contribution in [0, 0.1) is 6.92 Å². The minimum Gasteiger partial charge on any atom is -0.486 e. The summed E-state index contributed by atoms with van der Waals surface area (Å²) in [6.45, 7) is 9.58. The normalized spacial score (nSPS) is 13.9. The van der Waals surface area contributed by atoms with Crippen molar-refractivity contribution in [1.29, 1.82) is 0 Å². The Hall–Kier alpha value is -1.26. The maximum atomic E-state index is 5.64. The van der Waals surface area contributed by atoms with Gasteiger partial charge >= 0.3 is 0 Å². The molecular weight excluding hydrogens is 240 g/mol. The van der Waals surface area contributed by atoms with Crippen LogP contribution in [0.15, 0.2) is 12.1 Å². The molecular formula is C15H24N2O2. The highest BCUT2D eigenvalue weighted by Gasteiger charge is 2.14. The van der Waals surface area contributed by atoms with E-state index in [1.165, 1.54) is 11.1 Å². The fraction of sp³-hybridized carbons (Fsp3) is 0.600. The average molecular weight is 264 g/mol. The minimum atomic E-state index is 0.645. The Labute approximate surface area is 115 Å². The van der Waals surface area contributed by atoms with Crippen molar-refractivity contribution < 1.29 is 9.47 Å².